The summed E-state index contributed by atoms with van der Waals surface area (Å²) < 4.78 is 18.3. The molecule has 2 amide bonds. The fraction of sp³-hybridized carbons (Fsp3) is 0.579. The second-order valence-electron chi connectivity index (χ2n) is 6.84. The molecule has 0 saturated carbocycles. The van der Waals surface area contributed by atoms with Gasteiger partial charge in [0.1, 0.15) is 11.6 Å². The van der Waals surface area contributed by atoms with E-state index in [0.717, 1.165) is 25.9 Å². The van der Waals surface area contributed by atoms with Crippen molar-refractivity contribution in [3.8, 4) is 5.75 Å². The number of nitrogens with zero attached hydrogens (tertiary/aromatic N) is 3. The number of carbonyl (C=O) groups is 2. The summed E-state index contributed by atoms with van der Waals surface area (Å²) >= 11 is 0. The topological polar surface area (TPSA) is 53.1 Å². The lowest BCUT2D eigenvalue weighted by Gasteiger charge is -2.36. The molecule has 0 radical (unpaired) electrons. The Morgan fingerprint density at radius 2 is 1.46 bits per heavy atom. The van der Waals surface area contributed by atoms with Crippen molar-refractivity contribution in [2.45, 2.75) is 19.3 Å². The van der Waals surface area contributed by atoms with Crippen LogP contribution in [0.25, 0.3) is 0 Å². The standard InChI is InChI=1S/C19H26FN3O3/c20-16-4-6-17(7-5-16)26-15-19(25)23-12-10-21(11-13-23)14-18(24)22-8-2-1-3-9-22/h4-7H,1-3,8-15H2. The van der Waals surface area contributed by atoms with E-state index in [1.807, 2.05) is 4.90 Å². The molecule has 0 unspecified atom stereocenters. The summed E-state index contributed by atoms with van der Waals surface area (Å²) in [6.45, 7) is 4.71. The zero-order valence-electron chi connectivity index (χ0n) is 15.0. The third-order valence-electron chi connectivity index (χ3n) is 4.97. The van der Waals surface area contributed by atoms with Gasteiger partial charge in [-0.15, -0.1) is 0 Å². The number of piperazine rings is 1. The average Bonchev–Trinajstić information content (AvgIpc) is 2.68. The predicted octanol–water partition coefficient (Wildman–Crippen LogP) is 1.36. The molecular weight excluding hydrogens is 337 g/mol. The minimum absolute atomic E-state index is 0.0572. The summed E-state index contributed by atoms with van der Waals surface area (Å²) in [4.78, 5) is 30.4. The van der Waals surface area contributed by atoms with Gasteiger partial charge in [-0.25, -0.2) is 4.39 Å². The van der Waals surface area contributed by atoms with Gasteiger partial charge in [0.15, 0.2) is 6.61 Å². The largest absolute Gasteiger partial charge is 0.484 e. The smallest absolute Gasteiger partial charge is 0.260 e. The number of likely N-dealkylation sites (tertiary alicyclic amines) is 1. The van der Waals surface area contributed by atoms with E-state index >= 15 is 0 Å². The Kier molecular flexibility index (Phi) is 6.44. The summed E-state index contributed by atoms with van der Waals surface area (Å²) in [6, 6.07) is 5.62. The van der Waals surface area contributed by atoms with Crippen LogP contribution in [0.4, 0.5) is 4.39 Å². The van der Waals surface area contributed by atoms with Gasteiger partial charge in [0.05, 0.1) is 6.54 Å². The first-order chi connectivity index (χ1) is 12.6. The zero-order chi connectivity index (χ0) is 18.4. The Morgan fingerprint density at radius 1 is 0.846 bits per heavy atom. The molecule has 0 aromatic heterocycles. The molecule has 0 aliphatic carbocycles. The van der Waals surface area contributed by atoms with E-state index in [0.29, 0.717) is 38.5 Å². The van der Waals surface area contributed by atoms with Crippen molar-refractivity contribution in [1.29, 1.82) is 0 Å². The SMILES string of the molecule is O=C(COc1ccc(F)cc1)N1CCN(CC(=O)N2CCCCC2)CC1. The first-order valence-corrected chi connectivity index (χ1v) is 9.28. The van der Waals surface area contributed by atoms with Crippen LogP contribution < -0.4 is 4.74 Å². The fourth-order valence-corrected chi connectivity index (χ4v) is 3.36. The van der Waals surface area contributed by atoms with Crippen LogP contribution in [-0.4, -0.2) is 78.9 Å². The van der Waals surface area contributed by atoms with Crippen LogP contribution in [0, 0.1) is 5.82 Å². The first kappa shape index (κ1) is 18.6. The number of benzene rings is 1. The van der Waals surface area contributed by atoms with Crippen LogP contribution in [0.1, 0.15) is 19.3 Å². The fourth-order valence-electron chi connectivity index (χ4n) is 3.36. The average molecular weight is 363 g/mol. The van der Waals surface area contributed by atoms with Crippen molar-refractivity contribution in [1.82, 2.24) is 14.7 Å². The summed E-state index contributed by atoms with van der Waals surface area (Å²) in [5, 5.41) is 0. The van der Waals surface area contributed by atoms with Gasteiger partial charge in [-0.1, -0.05) is 0 Å². The Balaban J connectivity index is 1.38. The minimum Gasteiger partial charge on any atom is -0.484 e. The zero-order valence-corrected chi connectivity index (χ0v) is 15.0. The number of amides is 2. The number of hydrogen-bond acceptors (Lipinski definition) is 4. The molecule has 1 aromatic rings. The lowest BCUT2D eigenvalue weighted by molar-refractivity contribution is -0.136. The van der Waals surface area contributed by atoms with Crippen molar-refractivity contribution in [3.63, 3.8) is 0 Å². The van der Waals surface area contributed by atoms with E-state index in [1.54, 1.807) is 4.90 Å². The molecule has 2 heterocycles. The van der Waals surface area contributed by atoms with Gasteiger partial charge >= 0.3 is 0 Å². The van der Waals surface area contributed by atoms with Crippen LogP contribution >= 0.6 is 0 Å². The minimum atomic E-state index is -0.334. The van der Waals surface area contributed by atoms with Crippen molar-refractivity contribution in [2.24, 2.45) is 0 Å². The Hall–Kier alpha value is -2.15. The molecule has 3 rings (SSSR count). The molecule has 0 bridgehead atoms. The van der Waals surface area contributed by atoms with Crippen molar-refractivity contribution < 1.29 is 18.7 Å². The number of hydrogen-bond donors (Lipinski definition) is 0. The summed E-state index contributed by atoms with van der Waals surface area (Å²) in [5.74, 6) is 0.255. The van der Waals surface area contributed by atoms with Crippen LogP contribution in [0.2, 0.25) is 0 Å². The van der Waals surface area contributed by atoms with E-state index in [9.17, 15) is 14.0 Å². The van der Waals surface area contributed by atoms with E-state index in [2.05, 4.69) is 4.90 Å². The maximum atomic E-state index is 12.9. The van der Waals surface area contributed by atoms with Gasteiger partial charge in [-0.05, 0) is 43.5 Å². The lowest BCUT2D eigenvalue weighted by Crippen LogP contribution is -2.52. The van der Waals surface area contributed by atoms with E-state index in [-0.39, 0.29) is 24.2 Å². The predicted molar refractivity (Wildman–Crippen MR) is 95.3 cm³/mol. The molecule has 2 fully saturated rings. The first-order valence-electron chi connectivity index (χ1n) is 9.28. The van der Waals surface area contributed by atoms with Crippen molar-refractivity contribution in [2.75, 3.05) is 52.4 Å². The number of rotatable bonds is 5. The molecule has 0 atom stereocenters. The van der Waals surface area contributed by atoms with Gasteiger partial charge in [0, 0.05) is 39.3 Å². The third kappa shape index (κ3) is 5.17. The van der Waals surface area contributed by atoms with Crippen molar-refractivity contribution in [3.05, 3.63) is 30.1 Å². The second-order valence-corrected chi connectivity index (χ2v) is 6.84. The Morgan fingerprint density at radius 3 is 2.12 bits per heavy atom. The number of piperidine rings is 1. The van der Waals surface area contributed by atoms with Gasteiger partial charge in [0.2, 0.25) is 5.91 Å². The number of carbonyl (C=O) groups excluding carboxylic acids is 2. The molecule has 2 saturated heterocycles. The Labute approximate surface area is 153 Å². The highest BCUT2D eigenvalue weighted by atomic mass is 19.1. The van der Waals surface area contributed by atoms with Gasteiger partial charge < -0.3 is 14.5 Å². The number of halogens is 1. The number of ether oxygens (including phenoxy) is 1. The molecule has 2 aliphatic rings. The summed E-state index contributed by atoms with van der Waals surface area (Å²) in [7, 11) is 0. The Bertz CT molecular complexity index is 609. The molecule has 0 N–H and O–H groups in total. The van der Waals surface area contributed by atoms with E-state index < -0.39 is 0 Å². The molecule has 142 valence electrons. The summed E-state index contributed by atoms with van der Waals surface area (Å²) in [6.07, 6.45) is 3.41. The van der Waals surface area contributed by atoms with Crippen LogP contribution in [-0.2, 0) is 9.59 Å². The molecule has 7 heteroatoms. The highest BCUT2D eigenvalue weighted by molar-refractivity contribution is 5.79. The van der Waals surface area contributed by atoms with E-state index in [4.69, 9.17) is 4.74 Å². The van der Waals surface area contributed by atoms with Crippen molar-refractivity contribution >= 4 is 11.8 Å². The normalized spacial score (nSPS) is 18.7. The molecular formula is C19H26FN3O3. The molecule has 2 aliphatic heterocycles. The quantitative estimate of drug-likeness (QED) is 0.793. The highest BCUT2D eigenvalue weighted by Gasteiger charge is 2.24. The molecule has 1 aromatic carbocycles. The lowest BCUT2D eigenvalue weighted by atomic mass is 10.1. The van der Waals surface area contributed by atoms with Crippen LogP contribution in [0.3, 0.4) is 0 Å². The molecule has 26 heavy (non-hydrogen) atoms. The summed E-state index contributed by atoms with van der Waals surface area (Å²) in [5.41, 5.74) is 0. The molecule has 0 spiro atoms. The van der Waals surface area contributed by atoms with Gasteiger partial charge in [-0.3, -0.25) is 14.5 Å². The van der Waals surface area contributed by atoms with Crippen LogP contribution in [0.15, 0.2) is 24.3 Å². The monoisotopic (exact) mass is 363 g/mol. The van der Waals surface area contributed by atoms with E-state index in [1.165, 1.54) is 30.7 Å². The highest BCUT2D eigenvalue weighted by Crippen LogP contribution is 2.12. The van der Waals surface area contributed by atoms with Gasteiger partial charge in [-0.2, -0.15) is 0 Å². The van der Waals surface area contributed by atoms with Gasteiger partial charge in [0.25, 0.3) is 5.91 Å². The second kappa shape index (κ2) is 8.98. The maximum Gasteiger partial charge on any atom is 0.260 e. The maximum absolute atomic E-state index is 12.9. The molecule has 6 nitrogen and oxygen atoms in total. The third-order valence-corrected chi connectivity index (χ3v) is 4.97. The van der Waals surface area contributed by atoms with Crippen LogP contribution in [0.5, 0.6) is 5.75 Å².